The van der Waals surface area contributed by atoms with Gasteiger partial charge in [-0.25, -0.2) is 18.2 Å². The number of sulfone groups is 1. The molecule has 1 aromatic heterocycles. The van der Waals surface area contributed by atoms with Crippen molar-refractivity contribution >= 4 is 21.6 Å². The van der Waals surface area contributed by atoms with Gasteiger partial charge in [0.15, 0.2) is 9.84 Å². The number of piperidine rings is 1. The highest BCUT2D eigenvalue weighted by atomic mass is 32.2. The first-order chi connectivity index (χ1) is 14.1. The van der Waals surface area contributed by atoms with Gasteiger partial charge in [-0.05, 0) is 69.0 Å². The van der Waals surface area contributed by atoms with Gasteiger partial charge in [0.25, 0.3) is 0 Å². The molecule has 1 saturated heterocycles. The van der Waals surface area contributed by atoms with Crippen molar-refractivity contribution in [3.05, 3.63) is 54.1 Å². The van der Waals surface area contributed by atoms with Gasteiger partial charge in [0.1, 0.15) is 0 Å². The summed E-state index contributed by atoms with van der Waals surface area (Å²) in [7, 11) is -3.63. The van der Waals surface area contributed by atoms with Crippen LogP contribution < -0.4 is 5.32 Å². The minimum Gasteiger partial charge on any atom is -0.325 e. The number of urea groups is 1. The van der Waals surface area contributed by atoms with Crippen molar-refractivity contribution in [2.45, 2.75) is 36.3 Å². The Hall–Kier alpha value is -2.99. The molecule has 7 nitrogen and oxygen atoms in total. The van der Waals surface area contributed by atoms with Gasteiger partial charge < -0.3 is 10.2 Å². The first kappa shape index (κ1) is 21.7. The molecule has 1 fully saturated rings. The summed E-state index contributed by atoms with van der Waals surface area (Å²) in [4.78, 5) is 17.7. The number of nitrogens with zero attached hydrogens (tertiary/aromatic N) is 3. The van der Waals surface area contributed by atoms with E-state index in [9.17, 15) is 17.6 Å². The second-order valence-corrected chi connectivity index (χ2v) is 10.3. The highest BCUT2D eigenvalue weighted by molar-refractivity contribution is 7.92. The number of pyridine rings is 1. The molecule has 2 amide bonds. The minimum absolute atomic E-state index is 0.130. The third-order valence-corrected chi connectivity index (χ3v) is 8.34. The molecule has 2 aromatic rings. The molecule has 9 heteroatoms. The van der Waals surface area contributed by atoms with Gasteiger partial charge in [-0.3, -0.25) is 0 Å². The molecule has 158 valence electrons. The minimum atomic E-state index is -3.63. The highest BCUT2D eigenvalue weighted by Crippen LogP contribution is 2.38. The molecular formula is C21H23FN4O3S. The zero-order valence-corrected chi connectivity index (χ0v) is 17.6. The van der Waals surface area contributed by atoms with Crippen LogP contribution in [-0.2, 0) is 9.84 Å². The first-order valence-electron chi connectivity index (χ1n) is 9.57. The van der Waals surface area contributed by atoms with E-state index in [0.29, 0.717) is 37.2 Å². The maximum absolute atomic E-state index is 13.2. The Balaban J connectivity index is 1.65. The number of carbonyl (C=O) groups excluding carboxylic acids is 1. The van der Waals surface area contributed by atoms with Crippen molar-refractivity contribution in [2.24, 2.45) is 5.92 Å². The van der Waals surface area contributed by atoms with Gasteiger partial charge in [-0.2, -0.15) is 9.65 Å². The van der Waals surface area contributed by atoms with Gasteiger partial charge in [0.2, 0.25) is 5.95 Å². The Bertz CT molecular complexity index is 1050. The van der Waals surface area contributed by atoms with E-state index in [-0.39, 0.29) is 16.8 Å². The fourth-order valence-corrected chi connectivity index (χ4v) is 5.44. The smallest absolute Gasteiger partial charge is 0.321 e. The zero-order valence-electron chi connectivity index (χ0n) is 16.8. The number of aromatic nitrogens is 1. The Kier molecular flexibility index (Phi) is 6.08. The number of halogens is 1. The van der Waals surface area contributed by atoms with Gasteiger partial charge in [0.05, 0.1) is 33.2 Å². The largest absolute Gasteiger partial charge is 0.325 e. The van der Waals surface area contributed by atoms with Gasteiger partial charge in [0, 0.05) is 13.1 Å². The van der Waals surface area contributed by atoms with Crippen molar-refractivity contribution in [2.75, 3.05) is 18.4 Å². The number of anilines is 1. The molecule has 30 heavy (non-hydrogen) atoms. The summed E-state index contributed by atoms with van der Waals surface area (Å²) in [5.74, 6) is -0.755. The Morgan fingerprint density at radius 2 is 1.83 bits per heavy atom. The Morgan fingerprint density at radius 3 is 2.37 bits per heavy atom. The van der Waals surface area contributed by atoms with Crippen molar-refractivity contribution in [1.82, 2.24) is 9.88 Å². The van der Waals surface area contributed by atoms with E-state index in [1.165, 1.54) is 42.6 Å². The molecule has 1 aromatic carbocycles. The summed E-state index contributed by atoms with van der Waals surface area (Å²) in [5.41, 5.74) is 0.801. The van der Waals surface area contributed by atoms with Gasteiger partial charge in [-0.1, -0.05) is 0 Å². The fraction of sp³-hybridized carbons (Fsp3) is 0.381. The monoisotopic (exact) mass is 430 g/mol. The van der Waals surface area contributed by atoms with Crippen LogP contribution in [0.3, 0.4) is 0 Å². The number of hydrogen-bond donors (Lipinski definition) is 1. The van der Waals surface area contributed by atoms with Crippen LogP contribution in [0.15, 0.2) is 47.5 Å². The lowest BCUT2D eigenvalue weighted by molar-refractivity contribution is 0.171. The summed E-state index contributed by atoms with van der Waals surface area (Å²) >= 11 is 0. The summed E-state index contributed by atoms with van der Waals surface area (Å²) in [5, 5.41) is 11.6. The van der Waals surface area contributed by atoms with E-state index in [0.717, 1.165) is 0 Å². The van der Waals surface area contributed by atoms with Crippen molar-refractivity contribution in [3.63, 3.8) is 0 Å². The molecule has 0 atom stereocenters. The number of nitriles is 1. The second-order valence-electron chi connectivity index (χ2n) is 7.80. The van der Waals surface area contributed by atoms with Gasteiger partial charge in [-0.15, -0.1) is 0 Å². The van der Waals surface area contributed by atoms with Crippen LogP contribution in [0.4, 0.5) is 14.9 Å². The van der Waals surface area contributed by atoms with Crippen LogP contribution in [0.1, 0.15) is 32.3 Å². The molecule has 0 aliphatic carbocycles. The van der Waals surface area contributed by atoms with Crippen molar-refractivity contribution < 1.29 is 17.6 Å². The molecule has 0 saturated carbocycles. The topological polar surface area (TPSA) is 103 Å². The van der Waals surface area contributed by atoms with Crippen LogP contribution in [0.5, 0.6) is 0 Å². The van der Waals surface area contributed by atoms with Crippen LogP contribution in [0.25, 0.3) is 0 Å². The molecule has 0 unspecified atom stereocenters. The lowest BCUT2D eigenvalue weighted by Crippen LogP contribution is -2.48. The Morgan fingerprint density at radius 1 is 1.20 bits per heavy atom. The first-order valence-corrected chi connectivity index (χ1v) is 11.1. The fourth-order valence-electron chi connectivity index (χ4n) is 3.66. The molecule has 1 N–H and O–H groups in total. The van der Waals surface area contributed by atoms with Crippen LogP contribution >= 0.6 is 0 Å². The van der Waals surface area contributed by atoms with Crippen LogP contribution in [0, 0.1) is 23.2 Å². The molecule has 1 aliphatic rings. The van der Waals surface area contributed by atoms with E-state index in [4.69, 9.17) is 5.26 Å². The standard InChI is InChI=1S/C21H23FN4O3S/c1-21(2,30(28,29)18-6-3-15(13-23)4-7-18)16-9-11-26(12-10-16)20(27)25-17-5-8-19(22)24-14-17/h3-8,14,16H,9-12H2,1-2H3,(H,25,27). The molecule has 0 bridgehead atoms. The van der Waals surface area contributed by atoms with E-state index in [1.54, 1.807) is 18.7 Å². The maximum Gasteiger partial charge on any atom is 0.321 e. The molecule has 3 rings (SSSR count). The molecule has 0 radical (unpaired) electrons. The SMILES string of the molecule is CC(C)(C1CCN(C(=O)Nc2ccc(F)nc2)CC1)S(=O)(=O)c1ccc(C#N)cc1. The normalized spacial score (nSPS) is 15.5. The van der Waals surface area contributed by atoms with E-state index in [2.05, 4.69) is 10.3 Å². The quantitative estimate of drug-likeness (QED) is 0.747. The van der Waals surface area contributed by atoms with Crippen LogP contribution in [0.2, 0.25) is 0 Å². The summed E-state index contributed by atoms with van der Waals surface area (Å²) in [6.45, 7) is 4.26. The summed E-state index contributed by atoms with van der Waals surface area (Å²) < 4.78 is 38.3. The van der Waals surface area contributed by atoms with Crippen molar-refractivity contribution in [1.29, 1.82) is 5.26 Å². The number of carbonyl (C=O) groups is 1. The number of hydrogen-bond acceptors (Lipinski definition) is 5. The number of nitrogens with one attached hydrogen (secondary N) is 1. The molecular weight excluding hydrogens is 407 g/mol. The summed E-state index contributed by atoms with van der Waals surface area (Å²) in [6, 6.07) is 10.2. The van der Waals surface area contributed by atoms with Crippen molar-refractivity contribution in [3.8, 4) is 6.07 Å². The number of amides is 2. The van der Waals surface area contributed by atoms with Gasteiger partial charge >= 0.3 is 6.03 Å². The third kappa shape index (κ3) is 4.28. The lowest BCUT2D eigenvalue weighted by Gasteiger charge is -2.40. The summed E-state index contributed by atoms with van der Waals surface area (Å²) in [6.07, 6.45) is 2.32. The van der Waals surface area contributed by atoms with Crippen LogP contribution in [-0.4, -0.2) is 42.2 Å². The lowest BCUT2D eigenvalue weighted by atomic mass is 9.86. The molecule has 0 spiro atoms. The highest BCUT2D eigenvalue weighted by Gasteiger charge is 2.44. The van der Waals surface area contributed by atoms with E-state index in [1.807, 2.05) is 6.07 Å². The molecule has 2 heterocycles. The van der Waals surface area contributed by atoms with E-state index < -0.39 is 20.5 Å². The number of benzene rings is 1. The zero-order chi connectivity index (χ0) is 21.9. The second kappa shape index (κ2) is 8.40. The number of rotatable bonds is 4. The average Bonchev–Trinajstić information content (AvgIpc) is 2.75. The predicted octanol–water partition coefficient (Wildman–Crippen LogP) is 3.59. The van der Waals surface area contributed by atoms with E-state index >= 15 is 0 Å². The Labute approximate surface area is 175 Å². The maximum atomic E-state index is 13.2. The molecule has 1 aliphatic heterocycles. The predicted molar refractivity (Wildman–Crippen MR) is 110 cm³/mol. The number of likely N-dealkylation sites (tertiary alicyclic amines) is 1. The third-order valence-electron chi connectivity index (χ3n) is 5.73. The average molecular weight is 431 g/mol.